The van der Waals surface area contributed by atoms with Crippen LogP contribution in [-0.4, -0.2) is 21.1 Å². The van der Waals surface area contributed by atoms with Crippen LogP contribution in [0.3, 0.4) is 0 Å². The van der Waals surface area contributed by atoms with E-state index in [9.17, 15) is 0 Å². The molecule has 0 aliphatic carbocycles. The minimum absolute atomic E-state index is 0.157. The average molecular weight is 245 g/mol. The quantitative estimate of drug-likeness (QED) is 0.652. The maximum Gasteiger partial charge on any atom is 0.224 e. The molecule has 2 N–H and O–H groups in total. The SMILES string of the molecule is C[C@H](CN)n1ccc2nc(Cl)nc(Cl)c21. The number of aromatic nitrogens is 3. The van der Waals surface area contributed by atoms with Gasteiger partial charge in [-0.2, -0.15) is 0 Å². The molecular weight excluding hydrogens is 235 g/mol. The molecule has 0 unspecified atom stereocenters. The van der Waals surface area contributed by atoms with Gasteiger partial charge < -0.3 is 10.3 Å². The van der Waals surface area contributed by atoms with Crippen LogP contribution < -0.4 is 5.73 Å². The number of fused-ring (bicyclic) bond motifs is 1. The van der Waals surface area contributed by atoms with E-state index in [0.29, 0.717) is 11.7 Å². The molecule has 15 heavy (non-hydrogen) atoms. The van der Waals surface area contributed by atoms with Crippen LogP contribution in [0.25, 0.3) is 11.0 Å². The molecule has 0 aliphatic heterocycles. The van der Waals surface area contributed by atoms with E-state index in [1.54, 1.807) is 0 Å². The molecule has 6 heteroatoms. The summed E-state index contributed by atoms with van der Waals surface area (Å²) in [4.78, 5) is 7.99. The highest BCUT2D eigenvalue weighted by Crippen LogP contribution is 2.25. The van der Waals surface area contributed by atoms with Gasteiger partial charge in [0.25, 0.3) is 0 Å². The first-order valence-corrected chi connectivity index (χ1v) is 5.28. The molecule has 0 bridgehead atoms. The fourth-order valence-electron chi connectivity index (χ4n) is 1.48. The van der Waals surface area contributed by atoms with E-state index in [1.807, 2.05) is 23.8 Å². The summed E-state index contributed by atoms with van der Waals surface area (Å²) in [6.07, 6.45) is 1.89. The Morgan fingerprint density at radius 2 is 2.20 bits per heavy atom. The second-order valence-electron chi connectivity index (χ2n) is 3.33. The summed E-state index contributed by atoms with van der Waals surface area (Å²) in [6, 6.07) is 2.01. The Hall–Kier alpha value is -0.840. The number of rotatable bonds is 2. The lowest BCUT2D eigenvalue weighted by molar-refractivity contribution is 0.576. The highest BCUT2D eigenvalue weighted by atomic mass is 35.5. The zero-order chi connectivity index (χ0) is 11.0. The van der Waals surface area contributed by atoms with Gasteiger partial charge in [-0.1, -0.05) is 11.6 Å². The monoisotopic (exact) mass is 244 g/mol. The van der Waals surface area contributed by atoms with Gasteiger partial charge in [0.15, 0.2) is 5.15 Å². The third-order valence-corrected chi connectivity index (χ3v) is 2.74. The Kier molecular flexibility index (Phi) is 2.82. The Labute approximate surface area is 97.0 Å². The van der Waals surface area contributed by atoms with Gasteiger partial charge in [0.05, 0.1) is 5.52 Å². The van der Waals surface area contributed by atoms with Crippen molar-refractivity contribution in [2.24, 2.45) is 5.73 Å². The number of hydrogen-bond acceptors (Lipinski definition) is 3. The summed E-state index contributed by atoms with van der Waals surface area (Å²) in [5.41, 5.74) is 7.12. The number of nitrogens with zero attached hydrogens (tertiary/aromatic N) is 3. The van der Waals surface area contributed by atoms with Crippen LogP contribution in [0.4, 0.5) is 0 Å². The van der Waals surface area contributed by atoms with Crippen LogP contribution in [0.2, 0.25) is 10.4 Å². The van der Waals surface area contributed by atoms with E-state index in [-0.39, 0.29) is 11.3 Å². The lowest BCUT2D eigenvalue weighted by Gasteiger charge is -2.12. The van der Waals surface area contributed by atoms with Crippen molar-refractivity contribution < 1.29 is 0 Å². The predicted octanol–water partition coefficient (Wildman–Crippen LogP) is 2.26. The van der Waals surface area contributed by atoms with Crippen molar-refractivity contribution in [1.29, 1.82) is 0 Å². The Balaban J connectivity index is 2.69. The van der Waals surface area contributed by atoms with E-state index < -0.39 is 0 Å². The zero-order valence-corrected chi connectivity index (χ0v) is 9.63. The summed E-state index contributed by atoms with van der Waals surface area (Å²) in [7, 11) is 0. The molecule has 0 spiro atoms. The van der Waals surface area contributed by atoms with Crippen molar-refractivity contribution in [2.75, 3.05) is 6.54 Å². The van der Waals surface area contributed by atoms with E-state index in [1.165, 1.54) is 0 Å². The minimum atomic E-state index is 0.157. The second-order valence-corrected chi connectivity index (χ2v) is 4.02. The van der Waals surface area contributed by atoms with E-state index >= 15 is 0 Å². The van der Waals surface area contributed by atoms with Crippen molar-refractivity contribution in [3.63, 3.8) is 0 Å². The topological polar surface area (TPSA) is 56.7 Å². The zero-order valence-electron chi connectivity index (χ0n) is 8.11. The molecule has 2 aromatic rings. The third kappa shape index (κ3) is 1.80. The van der Waals surface area contributed by atoms with Gasteiger partial charge in [-0.3, -0.25) is 0 Å². The fourth-order valence-corrected chi connectivity index (χ4v) is 1.97. The summed E-state index contributed by atoms with van der Waals surface area (Å²) in [5, 5.41) is 0.515. The normalized spacial score (nSPS) is 13.3. The van der Waals surface area contributed by atoms with Gasteiger partial charge in [0, 0.05) is 18.8 Å². The highest BCUT2D eigenvalue weighted by Gasteiger charge is 2.12. The number of nitrogens with two attached hydrogens (primary N) is 1. The standard InChI is InChI=1S/C9H10Cl2N4/c1-5(4-12)15-3-2-6-7(15)8(10)14-9(11)13-6/h2-3,5H,4,12H2,1H3/t5-/m1/s1. The maximum atomic E-state index is 6.01. The van der Waals surface area contributed by atoms with Crippen molar-refractivity contribution in [1.82, 2.24) is 14.5 Å². The summed E-state index contributed by atoms with van der Waals surface area (Å²) < 4.78 is 1.95. The van der Waals surface area contributed by atoms with Crippen LogP contribution in [0.15, 0.2) is 12.3 Å². The molecule has 2 aromatic heterocycles. The lowest BCUT2D eigenvalue weighted by Crippen LogP contribution is -2.15. The van der Waals surface area contributed by atoms with E-state index in [4.69, 9.17) is 28.9 Å². The predicted molar refractivity (Wildman–Crippen MR) is 61.3 cm³/mol. The molecule has 0 radical (unpaired) electrons. The third-order valence-electron chi connectivity index (χ3n) is 2.31. The average Bonchev–Trinajstić information content (AvgIpc) is 2.60. The Bertz CT molecular complexity index is 494. The molecule has 0 aliphatic rings. The summed E-state index contributed by atoms with van der Waals surface area (Å²) >= 11 is 11.7. The van der Waals surface area contributed by atoms with Crippen LogP contribution in [0, 0.1) is 0 Å². The molecule has 2 heterocycles. The molecule has 0 fully saturated rings. The Morgan fingerprint density at radius 3 is 2.87 bits per heavy atom. The smallest absolute Gasteiger partial charge is 0.224 e. The van der Waals surface area contributed by atoms with Gasteiger partial charge in [0.1, 0.15) is 5.52 Å². The molecule has 0 saturated carbocycles. The first-order chi connectivity index (χ1) is 7.13. The molecule has 2 rings (SSSR count). The molecule has 0 aromatic carbocycles. The van der Waals surface area contributed by atoms with Crippen molar-refractivity contribution in [2.45, 2.75) is 13.0 Å². The van der Waals surface area contributed by atoms with Gasteiger partial charge >= 0.3 is 0 Å². The molecular formula is C9H10Cl2N4. The molecule has 0 amide bonds. The van der Waals surface area contributed by atoms with E-state index in [2.05, 4.69) is 9.97 Å². The van der Waals surface area contributed by atoms with Gasteiger partial charge in [-0.15, -0.1) is 0 Å². The van der Waals surface area contributed by atoms with Gasteiger partial charge in [-0.05, 0) is 24.6 Å². The van der Waals surface area contributed by atoms with Crippen LogP contribution in [0.1, 0.15) is 13.0 Å². The minimum Gasteiger partial charge on any atom is -0.340 e. The second kappa shape index (κ2) is 3.96. The van der Waals surface area contributed by atoms with Crippen molar-refractivity contribution in [3.8, 4) is 0 Å². The van der Waals surface area contributed by atoms with Crippen LogP contribution in [-0.2, 0) is 0 Å². The number of halogens is 2. The summed E-state index contributed by atoms with van der Waals surface area (Å²) in [5.74, 6) is 0. The van der Waals surface area contributed by atoms with Gasteiger partial charge in [-0.25, -0.2) is 9.97 Å². The molecule has 0 saturated heterocycles. The van der Waals surface area contributed by atoms with Gasteiger partial charge in [0.2, 0.25) is 5.28 Å². The highest BCUT2D eigenvalue weighted by molar-refractivity contribution is 6.35. The first-order valence-electron chi connectivity index (χ1n) is 4.53. The maximum absolute atomic E-state index is 6.01. The fraction of sp³-hybridized carbons (Fsp3) is 0.333. The van der Waals surface area contributed by atoms with E-state index in [0.717, 1.165) is 11.0 Å². The molecule has 1 atom stereocenters. The summed E-state index contributed by atoms with van der Waals surface area (Å²) in [6.45, 7) is 2.53. The van der Waals surface area contributed by atoms with Crippen molar-refractivity contribution in [3.05, 3.63) is 22.7 Å². The van der Waals surface area contributed by atoms with Crippen LogP contribution in [0.5, 0.6) is 0 Å². The largest absolute Gasteiger partial charge is 0.340 e. The van der Waals surface area contributed by atoms with Crippen LogP contribution >= 0.6 is 23.2 Å². The number of hydrogen-bond donors (Lipinski definition) is 1. The van der Waals surface area contributed by atoms with Crippen molar-refractivity contribution >= 4 is 34.2 Å². The molecule has 4 nitrogen and oxygen atoms in total. The molecule has 80 valence electrons. The Morgan fingerprint density at radius 1 is 1.47 bits per heavy atom. The first kappa shape index (κ1) is 10.7. The lowest BCUT2D eigenvalue weighted by atomic mass is 10.3.